The molecule has 1 aromatic heterocycles. The van der Waals surface area contributed by atoms with E-state index in [1.165, 1.54) is 0 Å². The van der Waals surface area contributed by atoms with Crippen LogP contribution in [0.3, 0.4) is 0 Å². The number of amides is 1. The largest absolute Gasteiger partial charge is 0.417 e. The molecule has 0 radical (unpaired) electrons. The number of oxazole rings is 1. The Labute approximate surface area is 144 Å². The summed E-state index contributed by atoms with van der Waals surface area (Å²) in [5, 5.41) is 0. The van der Waals surface area contributed by atoms with E-state index in [1.807, 2.05) is 54.3 Å². The van der Waals surface area contributed by atoms with Gasteiger partial charge in [-0.05, 0) is 31.2 Å². The normalized spacial score (nSPS) is 14.9. The van der Waals surface area contributed by atoms with Gasteiger partial charge in [0.15, 0.2) is 5.58 Å². The third-order valence-corrected chi connectivity index (χ3v) is 4.64. The van der Waals surface area contributed by atoms with Crippen LogP contribution < -0.4 is 10.7 Å². The van der Waals surface area contributed by atoms with Crippen LogP contribution >= 0.6 is 0 Å². The Hall–Kier alpha value is -3.02. The lowest BCUT2D eigenvalue weighted by Crippen LogP contribution is -2.48. The second-order valence-electron chi connectivity index (χ2n) is 6.34. The fraction of sp³-hybridized carbons (Fsp3) is 0.263. The van der Waals surface area contributed by atoms with E-state index >= 15 is 0 Å². The second-order valence-corrected chi connectivity index (χ2v) is 6.34. The van der Waals surface area contributed by atoms with E-state index in [2.05, 4.69) is 9.88 Å². The molecule has 0 aliphatic carbocycles. The maximum atomic E-state index is 12.6. The smallest absolute Gasteiger partial charge is 0.408 e. The predicted molar refractivity (Wildman–Crippen MR) is 96.1 cm³/mol. The number of fused-ring (bicyclic) bond motifs is 1. The van der Waals surface area contributed by atoms with Crippen molar-refractivity contribution < 1.29 is 9.21 Å². The Bertz CT molecular complexity index is 963. The lowest BCUT2D eigenvalue weighted by Gasteiger charge is -2.36. The van der Waals surface area contributed by atoms with Gasteiger partial charge < -0.3 is 14.2 Å². The third kappa shape index (κ3) is 3.03. The van der Waals surface area contributed by atoms with Gasteiger partial charge in [-0.25, -0.2) is 4.79 Å². The number of carbonyl (C=O) groups excluding carboxylic acids is 1. The topological polar surface area (TPSA) is 69.6 Å². The van der Waals surface area contributed by atoms with Gasteiger partial charge in [0.1, 0.15) is 0 Å². The minimum Gasteiger partial charge on any atom is -0.408 e. The summed E-state index contributed by atoms with van der Waals surface area (Å²) in [4.78, 5) is 30.6. The van der Waals surface area contributed by atoms with Crippen molar-refractivity contribution in [2.24, 2.45) is 0 Å². The number of aromatic nitrogens is 1. The Balaban J connectivity index is 1.45. The molecule has 128 valence electrons. The van der Waals surface area contributed by atoms with Gasteiger partial charge in [0.25, 0.3) is 5.91 Å². The fourth-order valence-electron chi connectivity index (χ4n) is 3.18. The number of carbonyl (C=O) groups is 1. The van der Waals surface area contributed by atoms with Crippen LogP contribution in [0.1, 0.15) is 15.9 Å². The first-order valence-corrected chi connectivity index (χ1v) is 8.34. The van der Waals surface area contributed by atoms with Crippen LogP contribution in [0.2, 0.25) is 0 Å². The number of hydrogen-bond acceptors (Lipinski definition) is 4. The second kappa shape index (κ2) is 6.12. The molecular formula is C19H19N3O3. The third-order valence-electron chi connectivity index (χ3n) is 4.64. The van der Waals surface area contributed by atoms with Gasteiger partial charge in [0.05, 0.1) is 5.52 Å². The first-order valence-electron chi connectivity index (χ1n) is 8.34. The van der Waals surface area contributed by atoms with Crippen molar-refractivity contribution in [1.29, 1.82) is 0 Å². The molecule has 6 nitrogen and oxygen atoms in total. The zero-order valence-corrected chi connectivity index (χ0v) is 14.0. The average Bonchev–Trinajstić information content (AvgIpc) is 3.01. The van der Waals surface area contributed by atoms with E-state index in [9.17, 15) is 9.59 Å². The van der Waals surface area contributed by atoms with Gasteiger partial charge in [-0.1, -0.05) is 17.7 Å². The van der Waals surface area contributed by atoms with Crippen LogP contribution in [0.4, 0.5) is 5.69 Å². The van der Waals surface area contributed by atoms with E-state index in [0.29, 0.717) is 24.2 Å². The number of hydrogen-bond donors (Lipinski definition) is 1. The number of nitrogens with one attached hydrogen (secondary N) is 1. The van der Waals surface area contributed by atoms with Crippen LogP contribution in [-0.2, 0) is 0 Å². The maximum absolute atomic E-state index is 12.6. The van der Waals surface area contributed by atoms with E-state index in [1.54, 1.807) is 0 Å². The molecule has 2 aromatic carbocycles. The SMILES string of the molecule is Cc1ccc(C(=O)N2CCN(c3ccc4[nH]c(=O)oc4c3)CC2)cc1. The highest BCUT2D eigenvalue weighted by Gasteiger charge is 2.22. The number of aryl methyl sites for hydroxylation is 1. The zero-order valence-electron chi connectivity index (χ0n) is 14.0. The highest BCUT2D eigenvalue weighted by Crippen LogP contribution is 2.22. The molecule has 25 heavy (non-hydrogen) atoms. The lowest BCUT2D eigenvalue weighted by atomic mass is 10.1. The number of anilines is 1. The minimum absolute atomic E-state index is 0.0757. The summed E-state index contributed by atoms with van der Waals surface area (Å²) in [6.45, 7) is 4.84. The molecule has 2 heterocycles. The summed E-state index contributed by atoms with van der Waals surface area (Å²) < 4.78 is 5.12. The molecular weight excluding hydrogens is 318 g/mol. The van der Waals surface area contributed by atoms with Crippen LogP contribution in [0.5, 0.6) is 0 Å². The monoisotopic (exact) mass is 337 g/mol. The molecule has 0 atom stereocenters. The molecule has 1 saturated heterocycles. The van der Waals surface area contributed by atoms with Crippen LogP contribution in [0, 0.1) is 6.92 Å². The summed E-state index contributed by atoms with van der Waals surface area (Å²) >= 11 is 0. The number of H-pyrrole nitrogens is 1. The first-order chi connectivity index (χ1) is 12.1. The highest BCUT2D eigenvalue weighted by molar-refractivity contribution is 5.94. The van der Waals surface area contributed by atoms with Crippen LogP contribution in [0.25, 0.3) is 11.1 Å². The summed E-state index contributed by atoms with van der Waals surface area (Å²) in [7, 11) is 0. The lowest BCUT2D eigenvalue weighted by molar-refractivity contribution is 0.0747. The minimum atomic E-state index is -0.444. The van der Waals surface area contributed by atoms with Crippen LogP contribution in [0.15, 0.2) is 51.7 Å². The number of rotatable bonds is 2. The number of aromatic amines is 1. The Morgan fingerprint density at radius 3 is 2.48 bits per heavy atom. The van der Waals surface area contributed by atoms with Crippen molar-refractivity contribution in [1.82, 2.24) is 9.88 Å². The van der Waals surface area contributed by atoms with E-state index in [-0.39, 0.29) is 5.91 Å². The molecule has 0 bridgehead atoms. The quantitative estimate of drug-likeness (QED) is 0.779. The molecule has 1 N–H and O–H groups in total. The summed E-state index contributed by atoms with van der Waals surface area (Å²) in [6.07, 6.45) is 0. The molecule has 6 heteroatoms. The van der Waals surface area contributed by atoms with Gasteiger partial charge in [-0.2, -0.15) is 0 Å². The predicted octanol–water partition coefficient (Wildman–Crippen LogP) is 2.39. The van der Waals surface area contributed by atoms with Crippen molar-refractivity contribution in [3.05, 3.63) is 64.1 Å². The Morgan fingerprint density at radius 1 is 1.04 bits per heavy atom. The van der Waals surface area contributed by atoms with Gasteiger partial charge in [0.2, 0.25) is 0 Å². The standard InChI is InChI=1S/C19H19N3O3/c1-13-2-4-14(5-3-13)18(23)22-10-8-21(9-11-22)15-6-7-16-17(12-15)25-19(24)20-16/h2-7,12H,8-11H2,1H3,(H,20,24). The molecule has 0 spiro atoms. The van der Waals surface area contributed by atoms with Gasteiger partial charge in [0, 0.05) is 43.5 Å². The van der Waals surface area contributed by atoms with Crippen molar-refractivity contribution in [3.8, 4) is 0 Å². The molecule has 1 aliphatic rings. The van der Waals surface area contributed by atoms with Gasteiger partial charge in [-0.3, -0.25) is 9.78 Å². The zero-order chi connectivity index (χ0) is 17.4. The van der Waals surface area contributed by atoms with Gasteiger partial charge >= 0.3 is 5.76 Å². The van der Waals surface area contributed by atoms with E-state index in [4.69, 9.17) is 4.42 Å². The number of nitrogens with zero attached hydrogens (tertiary/aromatic N) is 2. The summed E-state index contributed by atoms with van der Waals surface area (Å²) in [5.74, 6) is -0.368. The summed E-state index contributed by atoms with van der Waals surface area (Å²) in [5.41, 5.74) is 4.13. The van der Waals surface area contributed by atoms with Crippen LogP contribution in [-0.4, -0.2) is 42.0 Å². The Morgan fingerprint density at radius 2 is 1.76 bits per heavy atom. The maximum Gasteiger partial charge on any atom is 0.417 e. The molecule has 4 rings (SSSR count). The van der Waals surface area contributed by atoms with Crippen molar-refractivity contribution >= 4 is 22.7 Å². The molecule has 1 amide bonds. The number of piperazine rings is 1. The molecule has 0 saturated carbocycles. The summed E-state index contributed by atoms with van der Waals surface area (Å²) in [6, 6.07) is 13.4. The Kier molecular flexibility index (Phi) is 3.80. The molecule has 1 fully saturated rings. The van der Waals surface area contributed by atoms with Crippen molar-refractivity contribution in [2.45, 2.75) is 6.92 Å². The van der Waals surface area contributed by atoms with Crippen molar-refractivity contribution in [3.63, 3.8) is 0 Å². The van der Waals surface area contributed by atoms with Gasteiger partial charge in [-0.15, -0.1) is 0 Å². The number of benzene rings is 2. The fourth-order valence-corrected chi connectivity index (χ4v) is 3.18. The van der Waals surface area contributed by atoms with Crippen molar-refractivity contribution in [2.75, 3.05) is 31.1 Å². The molecule has 3 aromatic rings. The first kappa shape index (κ1) is 15.5. The average molecular weight is 337 g/mol. The highest BCUT2D eigenvalue weighted by atomic mass is 16.4. The molecule has 1 aliphatic heterocycles. The van der Waals surface area contributed by atoms with E-state index < -0.39 is 5.76 Å². The van der Waals surface area contributed by atoms with E-state index in [0.717, 1.165) is 29.9 Å². The molecule has 0 unspecified atom stereocenters.